The molecule has 2 aromatic rings. The molecule has 4 nitrogen and oxygen atoms in total. The molecular formula is C26H35NO3. The van der Waals surface area contributed by atoms with Crippen molar-refractivity contribution in [1.29, 1.82) is 0 Å². The van der Waals surface area contributed by atoms with Gasteiger partial charge in [-0.25, -0.2) is 4.79 Å². The summed E-state index contributed by atoms with van der Waals surface area (Å²) in [7, 11) is 0. The topological polar surface area (TPSA) is 38.8 Å². The van der Waals surface area contributed by atoms with E-state index >= 15 is 0 Å². The number of hydroxylamine groups is 2. The van der Waals surface area contributed by atoms with Crippen molar-refractivity contribution in [2.75, 3.05) is 6.61 Å². The van der Waals surface area contributed by atoms with Gasteiger partial charge in [-0.3, -0.25) is 4.84 Å². The number of benzene rings is 2. The molecule has 0 bridgehead atoms. The van der Waals surface area contributed by atoms with E-state index < -0.39 is 0 Å². The first-order valence-corrected chi connectivity index (χ1v) is 11.1. The minimum Gasteiger partial charge on any atom is -0.459 e. The second-order valence-electron chi connectivity index (χ2n) is 8.91. The highest BCUT2D eigenvalue weighted by molar-refractivity contribution is 5.89. The summed E-state index contributed by atoms with van der Waals surface area (Å²) < 4.78 is 5.97. The van der Waals surface area contributed by atoms with Gasteiger partial charge in [-0.1, -0.05) is 62.4 Å². The van der Waals surface area contributed by atoms with Crippen LogP contribution in [0.15, 0.2) is 60.7 Å². The maximum absolute atomic E-state index is 12.7. The predicted octanol–water partition coefficient (Wildman–Crippen LogP) is 5.82. The molecule has 0 N–H and O–H groups in total. The maximum atomic E-state index is 12.7. The highest BCUT2D eigenvalue weighted by Gasteiger charge is 2.51. The Morgan fingerprint density at radius 2 is 1.57 bits per heavy atom. The van der Waals surface area contributed by atoms with E-state index in [2.05, 4.69) is 57.0 Å². The van der Waals surface area contributed by atoms with Gasteiger partial charge >= 0.3 is 5.97 Å². The van der Waals surface area contributed by atoms with Gasteiger partial charge in [0.15, 0.2) is 0 Å². The average Bonchev–Trinajstić information content (AvgIpc) is 2.76. The Kier molecular flexibility index (Phi) is 7.32. The quantitative estimate of drug-likeness (QED) is 0.515. The molecule has 1 aliphatic rings. The zero-order chi connectivity index (χ0) is 21.6. The summed E-state index contributed by atoms with van der Waals surface area (Å²) in [4.78, 5) is 19.1. The smallest absolute Gasteiger partial charge is 0.338 e. The summed E-state index contributed by atoms with van der Waals surface area (Å²) >= 11 is 0. The molecule has 4 heteroatoms. The van der Waals surface area contributed by atoms with Crippen molar-refractivity contribution in [1.82, 2.24) is 5.06 Å². The summed E-state index contributed by atoms with van der Waals surface area (Å²) in [6.07, 6.45) is 4.17. The fourth-order valence-corrected chi connectivity index (χ4v) is 4.77. The van der Waals surface area contributed by atoms with Crippen molar-refractivity contribution in [3.05, 3.63) is 71.8 Å². The standard InChI is InChI=1S/C26H35NO3/c1-5-26(6-2)20-23(30-24(28)22-15-11-8-12-16-22)19-25(3,4)27(26)29-18-17-21-13-9-7-10-14-21/h7-16,23H,5-6,17-20H2,1-4H3. The van der Waals surface area contributed by atoms with E-state index in [1.807, 2.05) is 36.4 Å². The second-order valence-corrected chi connectivity index (χ2v) is 8.91. The largest absolute Gasteiger partial charge is 0.459 e. The Bertz CT molecular complexity index is 800. The van der Waals surface area contributed by atoms with Gasteiger partial charge in [0.2, 0.25) is 0 Å². The van der Waals surface area contributed by atoms with Gasteiger partial charge in [0.05, 0.1) is 12.2 Å². The molecule has 3 rings (SSSR count). The monoisotopic (exact) mass is 409 g/mol. The molecule has 0 spiro atoms. The minimum atomic E-state index is -0.240. The number of esters is 1. The molecule has 1 unspecified atom stereocenters. The lowest BCUT2D eigenvalue weighted by Crippen LogP contribution is -2.64. The molecule has 1 aliphatic heterocycles. The number of piperidine rings is 1. The maximum Gasteiger partial charge on any atom is 0.338 e. The van der Waals surface area contributed by atoms with Crippen LogP contribution in [-0.4, -0.2) is 34.8 Å². The van der Waals surface area contributed by atoms with E-state index in [0.29, 0.717) is 12.2 Å². The molecule has 1 fully saturated rings. The van der Waals surface area contributed by atoms with Crippen molar-refractivity contribution in [2.45, 2.75) is 77.0 Å². The molecule has 0 aliphatic carbocycles. The fourth-order valence-electron chi connectivity index (χ4n) is 4.77. The van der Waals surface area contributed by atoms with Crippen molar-refractivity contribution < 1.29 is 14.4 Å². The van der Waals surface area contributed by atoms with Gasteiger partial charge in [0, 0.05) is 23.9 Å². The van der Waals surface area contributed by atoms with Crippen LogP contribution in [0.5, 0.6) is 0 Å². The minimum absolute atomic E-state index is 0.124. The van der Waals surface area contributed by atoms with Crippen LogP contribution in [0.25, 0.3) is 0 Å². The molecule has 1 saturated heterocycles. The first-order chi connectivity index (χ1) is 14.4. The third kappa shape index (κ3) is 5.11. The number of ether oxygens (including phenoxy) is 1. The van der Waals surface area contributed by atoms with Crippen LogP contribution in [-0.2, 0) is 16.0 Å². The fraction of sp³-hybridized carbons (Fsp3) is 0.500. The Balaban J connectivity index is 1.71. The Morgan fingerprint density at radius 3 is 2.17 bits per heavy atom. The van der Waals surface area contributed by atoms with E-state index in [9.17, 15) is 4.79 Å². The van der Waals surface area contributed by atoms with Gasteiger partial charge in [0.25, 0.3) is 0 Å². The van der Waals surface area contributed by atoms with Crippen molar-refractivity contribution in [3.8, 4) is 0 Å². The highest BCUT2D eigenvalue weighted by Crippen LogP contribution is 2.44. The van der Waals surface area contributed by atoms with Crippen LogP contribution >= 0.6 is 0 Å². The normalized spacial score (nSPS) is 20.6. The third-order valence-corrected chi connectivity index (χ3v) is 6.37. The summed E-state index contributed by atoms with van der Waals surface area (Å²) in [6.45, 7) is 9.43. The Labute approximate surface area is 181 Å². The van der Waals surface area contributed by atoms with E-state index in [0.717, 1.165) is 32.1 Å². The summed E-state index contributed by atoms with van der Waals surface area (Å²) in [6, 6.07) is 19.7. The van der Waals surface area contributed by atoms with Crippen LogP contribution in [0.2, 0.25) is 0 Å². The van der Waals surface area contributed by atoms with Crippen LogP contribution in [0, 0.1) is 0 Å². The molecular weight excluding hydrogens is 374 g/mol. The summed E-state index contributed by atoms with van der Waals surface area (Å²) in [5, 5.41) is 2.22. The van der Waals surface area contributed by atoms with Gasteiger partial charge in [-0.15, -0.1) is 0 Å². The zero-order valence-corrected chi connectivity index (χ0v) is 18.8. The van der Waals surface area contributed by atoms with E-state index in [1.54, 1.807) is 0 Å². The predicted molar refractivity (Wildman–Crippen MR) is 120 cm³/mol. The average molecular weight is 410 g/mol. The van der Waals surface area contributed by atoms with E-state index in [1.165, 1.54) is 5.56 Å². The van der Waals surface area contributed by atoms with Crippen molar-refractivity contribution in [2.24, 2.45) is 0 Å². The first kappa shape index (κ1) is 22.5. The third-order valence-electron chi connectivity index (χ3n) is 6.37. The molecule has 0 amide bonds. The molecule has 162 valence electrons. The van der Waals surface area contributed by atoms with Gasteiger partial charge < -0.3 is 4.74 Å². The van der Waals surface area contributed by atoms with Gasteiger partial charge in [0.1, 0.15) is 6.10 Å². The number of hydrogen-bond acceptors (Lipinski definition) is 4. The van der Waals surface area contributed by atoms with Crippen LogP contribution in [0.1, 0.15) is 69.3 Å². The Hall–Kier alpha value is -2.17. The summed E-state index contributed by atoms with van der Waals surface area (Å²) in [5.74, 6) is -0.240. The van der Waals surface area contributed by atoms with Gasteiger partial charge in [-0.2, -0.15) is 5.06 Å². The van der Waals surface area contributed by atoms with Crippen LogP contribution < -0.4 is 0 Å². The second kappa shape index (κ2) is 9.76. The Morgan fingerprint density at radius 1 is 0.967 bits per heavy atom. The number of nitrogens with zero attached hydrogens (tertiary/aromatic N) is 1. The molecule has 0 aromatic heterocycles. The molecule has 30 heavy (non-hydrogen) atoms. The lowest BCUT2D eigenvalue weighted by Gasteiger charge is -2.55. The van der Waals surface area contributed by atoms with Crippen molar-refractivity contribution in [3.63, 3.8) is 0 Å². The lowest BCUT2D eigenvalue weighted by atomic mass is 9.75. The molecule has 2 aromatic carbocycles. The number of rotatable bonds is 8. The first-order valence-electron chi connectivity index (χ1n) is 11.1. The van der Waals surface area contributed by atoms with Crippen LogP contribution in [0.3, 0.4) is 0 Å². The lowest BCUT2D eigenvalue weighted by molar-refractivity contribution is -0.301. The van der Waals surface area contributed by atoms with Crippen LogP contribution in [0.4, 0.5) is 0 Å². The number of hydrogen-bond donors (Lipinski definition) is 0. The molecule has 0 radical (unpaired) electrons. The zero-order valence-electron chi connectivity index (χ0n) is 18.8. The number of carbonyl (C=O) groups excluding carboxylic acids is 1. The van der Waals surface area contributed by atoms with Gasteiger partial charge in [-0.05, 0) is 50.8 Å². The highest BCUT2D eigenvalue weighted by atomic mass is 16.7. The SMILES string of the molecule is CCC1(CC)CC(OC(=O)c2ccccc2)CC(C)(C)N1OCCc1ccccc1. The molecule has 1 atom stereocenters. The summed E-state index contributed by atoms with van der Waals surface area (Å²) in [5.41, 5.74) is 1.50. The van der Waals surface area contributed by atoms with E-state index in [-0.39, 0.29) is 23.2 Å². The molecule has 1 heterocycles. The van der Waals surface area contributed by atoms with E-state index in [4.69, 9.17) is 9.57 Å². The molecule has 0 saturated carbocycles. The van der Waals surface area contributed by atoms with Crippen molar-refractivity contribution >= 4 is 5.97 Å². The number of carbonyl (C=O) groups is 1.